The summed E-state index contributed by atoms with van der Waals surface area (Å²) >= 11 is 0.885. The molecule has 0 radical (unpaired) electrons. The average molecular weight is 482 g/mol. The highest BCUT2D eigenvalue weighted by Crippen LogP contribution is 2.34. The first-order valence-corrected chi connectivity index (χ1v) is 11.9. The molecule has 3 amide bonds. The molecule has 0 atom stereocenters. The third-order valence-electron chi connectivity index (χ3n) is 5.78. The molecule has 2 aliphatic heterocycles. The number of fused-ring (bicyclic) bond motifs is 1. The van der Waals surface area contributed by atoms with E-state index in [0.29, 0.717) is 16.4 Å². The Morgan fingerprint density at radius 3 is 2.71 bits per heavy atom. The van der Waals surface area contributed by atoms with E-state index in [1.807, 2.05) is 18.2 Å². The Morgan fingerprint density at radius 2 is 1.91 bits per heavy atom. The summed E-state index contributed by atoms with van der Waals surface area (Å²) in [4.78, 5) is 41.2. The zero-order valence-corrected chi connectivity index (χ0v) is 20.0. The maximum absolute atomic E-state index is 12.8. The van der Waals surface area contributed by atoms with Crippen molar-refractivity contribution in [3.05, 3.63) is 58.5 Å². The topological polar surface area (TPSA) is 88.2 Å². The molecule has 2 aliphatic rings. The van der Waals surface area contributed by atoms with E-state index < -0.39 is 0 Å². The Labute approximate surface area is 202 Å². The van der Waals surface area contributed by atoms with Crippen LogP contribution in [0.5, 0.6) is 11.5 Å². The van der Waals surface area contributed by atoms with Gasteiger partial charge in [-0.3, -0.25) is 19.3 Å². The van der Waals surface area contributed by atoms with Gasteiger partial charge in [0, 0.05) is 25.3 Å². The van der Waals surface area contributed by atoms with Crippen LogP contribution < -0.4 is 19.7 Å². The van der Waals surface area contributed by atoms with Crippen molar-refractivity contribution in [2.45, 2.75) is 12.8 Å². The van der Waals surface area contributed by atoms with Gasteiger partial charge in [-0.1, -0.05) is 24.3 Å². The monoisotopic (exact) mass is 481 g/mol. The lowest BCUT2D eigenvalue weighted by atomic mass is 10.0. The Morgan fingerprint density at radius 1 is 1.12 bits per heavy atom. The second kappa shape index (κ2) is 10.6. The van der Waals surface area contributed by atoms with Gasteiger partial charge in [0.1, 0.15) is 0 Å². The van der Waals surface area contributed by atoms with E-state index in [9.17, 15) is 14.4 Å². The van der Waals surface area contributed by atoms with Gasteiger partial charge in [-0.2, -0.15) is 0 Å². The van der Waals surface area contributed by atoms with Crippen LogP contribution in [0.3, 0.4) is 0 Å². The fourth-order valence-corrected chi connectivity index (χ4v) is 4.96. The highest BCUT2D eigenvalue weighted by molar-refractivity contribution is 8.18. The number of ether oxygens (including phenoxy) is 2. The molecule has 0 aromatic heterocycles. The first kappa shape index (κ1) is 23.7. The van der Waals surface area contributed by atoms with Gasteiger partial charge in [-0.05, 0) is 60.0 Å². The van der Waals surface area contributed by atoms with Crippen LogP contribution in [-0.4, -0.2) is 62.4 Å². The maximum atomic E-state index is 12.8. The zero-order valence-electron chi connectivity index (χ0n) is 19.2. The standard InChI is InChI=1S/C25H27N3O5S/c1-32-20-10-9-17(14-21(20)33-2)15-22-24(30)28(25(31)34-22)13-11-26-23(29)16-27-12-5-7-18-6-3-4-8-19(18)27/h3-4,6,8-10,14-15H,5,7,11-13,16H2,1-2H3,(H,26,29)/b22-15+. The molecule has 34 heavy (non-hydrogen) atoms. The molecule has 8 nitrogen and oxygen atoms in total. The summed E-state index contributed by atoms with van der Waals surface area (Å²) < 4.78 is 10.5. The Bertz CT molecular complexity index is 1130. The summed E-state index contributed by atoms with van der Waals surface area (Å²) in [7, 11) is 3.08. The molecule has 2 heterocycles. The number of methoxy groups -OCH3 is 2. The Balaban J connectivity index is 1.32. The number of hydrogen-bond acceptors (Lipinski definition) is 7. The van der Waals surface area contributed by atoms with Crippen molar-refractivity contribution in [3.63, 3.8) is 0 Å². The SMILES string of the molecule is COc1ccc(/C=C2/SC(=O)N(CCNC(=O)CN3CCCc4ccccc43)C2=O)cc1OC. The largest absolute Gasteiger partial charge is 0.493 e. The van der Waals surface area contributed by atoms with Crippen LogP contribution in [0.15, 0.2) is 47.4 Å². The smallest absolute Gasteiger partial charge is 0.293 e. The van der Waals surface area contributed by atoms with E-state index in [0.717, 1.165) is 47.3 Å². The summed E-state index contributed by atoms with van der Waals surface area (Å²) in [6, 6.07) is 13.4. The second-order valence-corrected chi connectivity index (χ2v) is 8.94. The molecule has 2 aromatic carbocycles. The van der Waals surface area contributed by atoms with Crippen LogP contribution in [0, 0.1) is 0 Å². The molecule has 0 saturated carbocycles. The summed E-state index contributed by atoms with van der Waals surface area (Å²) in [6.45, 7) is 1.40. The van der Waals surface area contributed by atoms with Crippen molar-refractivity contribution in [1.29, 1.82) is 0 Å². The third kappa shape index (κ3) is 5.20. The predicted molar refractivity (Wildman–Crippen MR) is 132 cm³/mol. The van der Waals surface area contributed by atoms with Crippen LogP contribution in [0.25, 0.3) is 6.08 Å². The van der Waals surface area contributed by atoms with Crippen molar-refractivity contribution in [3.8, 4) is 11.5 Å². The molecule has 0 bridgehead atoms. The fourth-order valence-electron chi connectivity index (χ4n) is 4.10. The molecule has 0 unspecified atom stereocenters. The van der Waals surface area contributed by atoms with Crippen molar-refractivity contribution < 1.29 is 23.9 Å². The average Bonchev–Trinajstić information content (AvgIpc) is 3.11. The molecule has 2 aromatic rings. The highest BCUT2D eigenvalue weighted by Gasteiger charge is 2.34. The third-order valence-corrected chi connectivity index (χ3v) is 6.68. The van der Waals surface area contributed by atoms with Gasteiger partial charge in [0.25, 0.3) is 11.1 Å². The number of nitrogens with zero attached hydrogens (tertiary/aromatic N) is 2. The number of thioether (sulfide) groups is 1. The molecule has 1 fully saturated rings. The number of para-hydroxylation sites is 1. The van der Waals surface area contributed by atoms with Crippen LogP contribution in [0.2, 0.25) is 0 Å². The van der Waals surface area contributed by atoms with Crippen LogP contribution in [-0.2, 0) is 16.0 Å². The number of rotatable bonds is 8. The van der Waals surface area contributed by atoms with E-state index in [1.54, 1.807) is 31.4 Å². The van der Waals surface area contributed by atoms with E-state index in [4.69, 9.17) is 9.47 Å². The first-order chi connectivity index (χ1) is 16.5. The van der Waals surface area contributed by atoms with Crippen molar-refractivity contribution in [1.82, 2.24) is 10.2 Å². The minimum Gasteiger partial charge on any atom is -0.493 e. The van der Waals surface area contributed by atoms with Gasteiger partial charge in [0.05, 0.1) is 25.7 Å². The summed E-state index contributed by atoms with van der Waals surface area (Å²) in [6.07, 6.45) is 3.68. The minimum absolute atomic E-state index is 0.121. The van der Waals surface area contributed by atoms with Crippen molar-refractivity contribution in [2.75, 3.05) is 45.3 Å². The number of amides is 3. The first-order valence-electron chi connectivity index (χ1n) is 11.1. The number of anilines is 1. The van der Waals surface area contributed by atoms with E-state index in [1.165, 1.54) is 12.7 Å². The van der Waals surface area contributed by atoms with Gasteiger partial charge in [-0.15, -0.1) is 0 Å². The van der Waals surface area contributed by atoms with Crippen molar-refractivity contribution >= 4 is 40.6 Å². The molecule has 4 rings (SSSR count). The second-order valence-electron chi connectivity index (χ2n) is 7.95. The van der Waals surface area contributed by atoms with E-state index in [-0.39, 0.29) is 36.7 Å². The van der Waals surface area contributed by atoms with Crippen molar-refractivity contribution in [2.24, 2.45) is 0 Å². The number of aryl methyl sites for hydroxylation is 1. The van der Waals surface area contributed by atoms with Crippen LogP contribution in [0.1, 0.15) is 17.5 Å². The number of carbonyl (C=O) groups is 3. The lowest BCUT2D eigenvalue weighted by molar-refractivity contribution is -0.124. The van der Waals surface area contributed by atoms with Gasteiger partial charge < -0.3 is 19.7 Å². The summed E-state index contributed by atoms with van der Waals surface area (Å²) in [5.41, 5.74) is 3.06. The molecule has 9 heteroatoms. The van der Waals surface area contributed by atoms with E-state index >= 15 is 0 Å². The molecular formula is C25H27N3O5S. The zero-order chi connectivity index (χ0) is 24.1. The molecule has 1 N–H and O–H groups in total. The minimum atomic E-state index is -0.371. The van der Waals surface area contributed by atoms with Gasteiger partial charge in [0.15, 0.2) is 11.5 Å². The number of imide groups is 1. The summed E-state index contributed by atoms with van der Waals surface area (Å²) in [5, 5.41) is 2.48. The van der Waals surface area contributed by atoms with Gasteiger partial charge in [0.2, 0.25) is 5.91 Å². The predicted octanol–water partition coefficient (Wildman–Crippen LogP) is 3.31. The fraction of sp³-hybridized carbons (Fsp3) is 0.320. The number of benzene rings is 2. The number of carbonyl (C=O) groups excluding carboxylic acids is 3. The number of nitrogens with one attached hydrogen (secondary N) is 1. The highest BCUT2D eigenvalue weighted by atomic mass is 32.2. The quantitative estimate of drug-likeness (QED) is 0.579. The molecular weight excluding hydrogens is 454 g/mol. The normalized spacial score (nSPS) is 16.6. The van der Waals surface area contributed by atoms with Gasteiger partial charge in [-0.25, -0.2) is 0 Å². The van der Waals surface area contributed by atoms with Crippen LogP contribution >= 0.6 is 11.8 Å². The number of hydrogen-bond donors (Lipinski definition) is 1. The molecule has 0 aliphatic carbocycles. The Hall–Kier alpha value is -3.46. The summed E-state index contributed by atoms with van der Waals surface area (Å²) in [5.74, 6) is 0.611. The molecule has 1 saturated heterocycles. The van der Waals surface area contributed by atoms with Crippen LogP contribution in [0.4, 0.5) is 10.5 Å². The maximum Gasteiger partial charge on any atom is 0.293 e. The molecule has 0 spiro atoms. The molecule has 178 valence electrons. The lowest BCUT2D eigenvalue weighted by Gasteiger charge is -2.30. The lowest BCUT2D eigenvalue weighted by Crippen LogP contribution is -2.43. The van der Waals surface area contributed by atoms with Gasteiger partial charge >= 0.3 is 0 Å². The van der Waals surface area contributed by atoms with E-state index in [2.05, 4.69) is 16.3 Å². The Kier molecular flexibility index (Phi) is 7.42.